The van der Waals surface area contributed by atoms with Gasteiger partial charge in [0.25, 0.3) is 0 Å². The Labute approximate surface area is 196 Å². The smallest absolute Gasteiger partial charge is 0.322 e. The molecule has 0 aliphatic heterocycles. The fraction of sp³-hybridized carbons (Fsp3) is 0.192. The number of rotatable bonds is 6. The van der Waals surface area contributed by atoms with Gasteiger partial charge in [0.2, 0.25) is 10.0 Å². The second kappa shape index (κ2) is 8.00. The summed E-state index contributed by atoms with van der Waals surface area (Å²) in [7, 11) is -2.01. The van der Waals surface area contributed by atoms with E-state index in [0.717, 1.165) is 27.5 Å². The number of furan rings is 1. The Morgan fingerprint density at radius 3 is 2.44 bits per heavy atom. The third-order valence-corrected chi connectivity index (χ3v) is 7.65. The van der Waals surface area contributed by atoms with Gasteiger partial charge in [0, 0.05) is 40.0 Å². The summed E-state index contributed by atoms with van der Waals surface area (Å²) in [5, 5.41) is 12.0. The molecule has 0 fully saturated rings. The normalized spacial score (nSPS) is 13.3. The lowest BCUT2D eigenvalue weighted by molar-refractivity contribution is -0.140. The Bertz CT molecular complexity index is 1680. The first-order valence-electron chi connectivity index (χ1n) is 10.9. The van der Waals surface area contributed by atoms with Crippen molar-refractivity contribution in [1.82, 2.24) is 9.29 Å². The maximum atomic E-state index is 12.9. The van der Waals surface area contributed by atoms with Crippen LogP contribution in [0.15, 0.2) is 76.0 Å². The van der Waals surface area contributed by atoms with E-state index in [4.69, 9.17) is 4.42 Å². The number of hydrogen-bond donors (Lipinski definition) is 2. The molecule has 174 valence electrons. The summed E-state index contributed by atoms with van der Waals surface area (Å²) in [4.78, 5) is 11.5. The van der Waals surface area contributed by atoms with Crippen LogP contribution < -0.4 is 4.72 Å². The summed E-state index contributed by atoms with van der Waals surface area (Å²) < 4.78 is 36.3. The molecule has 5 rings (SSSR count). The number of nitrogens with zero attached hydrogens (tertiary/aromatic N) is 1. The molecule has 2 heterocycles. The zero-order valence-electron chi connectivity index (χ0n) is 18.9. The number of nitrogens with one attached hydrogen (secondary N) is 1. The molecule has 5 aromatic rings. The van der Waals surface area contributed by atoms with E-state index in [1.54, 1.807) is 19.9 Å². The monoisotopic (exact) mass is 476 g/mol. The van der Waals surface area contributed by atoms with Crippen molar-refractivity contribution in [2.24, 2.45) is 13.0 Å². The van der Waals surface area contributed by atoms with Crippen LogP contribution in [0.2, 0.25) is 0 Å². The van der Waals surface area contributed by atoms with Crippen LogP contribution in [-0.4, -0.2) is 30.1 Å². The summed E-state index contributed by atoms with van der Waals surface area (Å²) in [5.41, 5.74) is 4.36. The molecule has 0 amide bonds. The van der Waals surface area contributed by atoms with Gasteiger partial charge in [-0.2, -0.15) is 4.72 Å². The first-order chi connectivity index (χ1) is 16.2. The molecule has 2 aromatic heterocycles. The van der Waals surface area contributed by atoms with E-state index in [1.165, 1.54) is 12.1 Å². The number of fused-ring (bicyclic) bond motifs is 4. The van der Waals surface area contributed by atoms with Crippen molar-refractivity contribution < 1.29 is 22.7 Å². The van der Waals surface area contributed by atoms with Crippen LogP contribution in [0.5, 0.6) is 0 Å². The molecule has 2 N–H and O–H groups in total. The second-order valence-electron chi connectivity index (χ2n) is 8.80. The van der Waals surface area contributed by atoms with Crippen LogP contribution in [0.25, 0.3) is 44.1 Å². The molecule has 34 heavy (non-hydrogen) atoms. The highest BCUT2D eigenvalue weighted by Crippen LogP contribution is 2.35. The molecule has 0 unspecified atom stereocenters. The predicted octanol–water partition coefficient (Wildman–Crippen LogP) is 5.13. The predicted molar refractivity (Wildman–Crippen MR) is 132 cm³/mol. The fourth-order valence-electron chi connectivity index (χ4n) is 4.36. The number of aryl methyl sites for hydroxylation is 1. The number of carbonyl (C=O) groups is 1. The molecular formula is C26H24N2O5S. The molecule has 3 aromatic carbocycles. The van der Waals surface area contributed by atoms with E-state index in [-0.39, 0.29) is 4.90 Å². The third-order valence-electron chi connectivity index (χ3n) is 6.22. The highest BCUT2D eigenvalue weighted by Gasteiger charge is 2.28. The lowest BCUT2D eigenvalue weighted by Crippen LogP contribution is -2.44. The highest BCUT2D eigenvalue weighted by atomic mass is 32.2. The van der Waals surface area contributed by atoms with Gasteiger partial charge >= 0.3 is 5.97 Å². The number of para-hydroxylation sites is 1. The Morgan fingerprint density at radius 2 is 1.74 bits per heavy atom. The zero-order valence-corrected chi connectivity index (χ0v) is 19.8. The average molecular weight is 477 g/mol. The molecule has 0 saturated carbocycles. The van der Waals surface area contributed by atoms with Crippen LogP contribution in [0, 0.1) is 5.92 Å². The number of benzene rings is 3. The lowest BCUT2D eigenvalue weighted by Gasteiger charge is -2.17. The minimum atomic E-state index is -4.03. The minimum absolute atomic E-state index is 0.00707. The second-order valence-corrected chi connectivity index (χ2v) is 10.5. The van der Waals surface area contributed by atoms with Crippen molar-refractivity contribution in [2.75, 3.05) is 0 Å². The standard InChI is InChI=1S/C26H24N2O5S/c1-15(2)25(26(29)30)27-34(31,32)18-9-11-23-20(14-18)19-10-8-17(13-24(19)33-23)22-12-16-6-4-5-7-21(16)28(22)3/h4-15,25,27H,1-3H3,(H,29,30)/t25-/m1/s1. The van der Waals surface area contributed by atoms with Gasteiger partial charge < -0.3 is 14.1 Å². The van der Waals surface area contributed by atoms with Gasteiger partial charge in [0.15, 0.2) is 0 Å². The molecule has 0 spiro atoms. The van der Waals surface area contributed by atoms with Gasteiger partial charge in [0.1, 0.15) is 17.2 Å². The van der Waals surface area contributed by atoms with Gasteiger partial charge in [-0.25, -0.2) is 8.42 Å². The highest BCUT2D eigenvalue weighted by molar-refractivity contribution is 7.89. The number of aliphatic carboxylic acids is 1. The van der Waals surface area contributed by atoms with Crippen LogP contribution in [0.3, 0.4) is 0 Å². The van der Waals surface area contributed by atoms with E-state index in [0.29, 0.717) is 16.6 Å². The van der Waals surface area contributed by atoms with E-state index in [2.05, 4.69) is 27.5 Å². The maximum Gasteiger partial charge on any atom is 0.322 e. The fourth-order valence-corrected chi connectivity index (χ4v) is 5.72. The zero-order chi connectivity index (χ0) is 24.2. The summed E-state index contributed by atoms with van der Waals surface area (Å²) in [6.07, 6.45) is 0. The van der Waals surface area contributed by atoms with Crippen LogP contribution in [-0.2, 0) is 21.9 Å². The molecule has 7 nitrogen and oxygen atoms in total. The largest absolute Gasteiger partial charge is 0.480 e. The first-order valence-corrected chi connectivity index (χ1v) is 12.4. The molecule has 0 radical (unpaired) electrons. The van der Waals surface area contributed by atoms with Crippen LogP contribution in [0.4, 0.5) is 0 Å². The maximum absolute atomic E-state index is 12.9. The number of sulfonamides is 1. The number of hydrogen-bond acceptors (Lipinski definition) is 4. The third kappa shape index (κ3) is 3.65. The van der Waals surface area contributed by atoms with Crippen molar-refractivity contribution in [3.05, 3.63) is 66.7 Å². The SMILES string of the molecule is CC(C)[C@@H](NS(=O)(=O)c1ccc2oc3cc(-c4cc5ccccc5n4C)ccc3c2c1)C(=O)O. The summed E-state index contributed by atoms with van der Waals surface area (Å²) in [6, 6.07) is 19.5. The van der Waals surface area contributed by atoms with Crippen molar-refractivity contribution in [2.45, 2.75) is 24.8 Å². The molecule has 0 aliphatic carbocycles. The first kappa shape index (κ1) is 22.2. The quantitative estimate of drug-likeness (QED) is 0.354. The summed E-state index contributed by atoms with van der Waals surface area (Å²) in [6.45, 7) is 3.31. The van der Waals surface area contributed by atoms with Crippen molar-refractivity contribution in [3.63, 3.8) is 0 Å². The molecule has 0 aliphatic rings. The van der Waals surface area contributed by atoms with Gasteiger partial charge in [-0.1, -0.05) is 38.1 Å². The van der Waals surface area contributed by atoms with Crippen molar-refractivity contribution in [1.29, 1.82) is 0 Å². The van der Waals surface area contributed by atoms with Gasteiger partial charge in [-0.3, -0.25) is 4.79 Å². The Morgan fingerprint density at radius 1 is 0.971 bits per heavy atom. The van der Waals surface area contributed by atoms with Crippen LogP contribution >= 0.6 is 0 Å². The van der Waals surface area contributed by atoms with Crippen LogP contribution in [0.1, 0.15) is 13.8 Å². The molecular weight excluding hydrogens is 452 g/mol. The Kier molecular flexibility index (Phi) is 5.22. The van der Waals surface area contributed by atoms with E-state index in [1.807, 2.05) is 37.4 Å². The van der Waals surface area contributed by atoms with E-state index in [9.17, 15) is 18.3 Å². The van der Waals surface area contributed by atoms with E-state index < -0.39 is 28.0 Å². The van der Waals surface area contributed by atoms with Crippen molar-refractivity contribution in [3.8, 4) is 11.3 Å². The number of aromatic nitrogens is 1. The Balaban J connectivity index is 1.58. The molecule has 1 atom stereocenters. The van der Waals surface area contributed by atoms with Gasteiger partial charge in [-0.15, -0.1) is 0 Å². The average Bonchev–Trinajstić information content (AvgIpc) is 3.34. The minimum Gasteiger partial charge on any atom is -0.480 e. The summed E-state index contributed by atoms with van der Waals surface area (Å²) >= 11 is 0. The van der Waals surface area contributed by atoms with Gasteiger partial charge in [0.05, 0.1) is 4.90 Å². The number of carboxylic acids is 1. The topological polar surface area (TPSA) is 102 Å². The Hall–Kier alpha value is -3.62. The van der Waals surface area contributed by atoms with Crippen molar-refractivity contribution >= 4 is 48.8 Å². The van der Waals surface area contributed by atoms with Gasteiger partial charge in [-0.05, 0) is 48.4 Å². The molecule has 0 bridgehead atoms. The van der Waals surface area contributed by atoms with E-state index >= 15 is 0 Å². The number of carboxylic acid groups (broad SMARTS) is 1. The lowest BCUT2D eigenvalue weighted by atomic mass is 10.1. The molecule has 0 saturated heterocycles. The molecule has 8 heteroatoms. The summed E-state index contributed by atoms with van der Waals surface area (Å²) in [5.74, 6) is -1.62.